The molecule has 0 fully saturated rings. The summed E-state index contributed by atoms with van der Waals surface area (Å²) in [4.78, 5) is 15.6. The number of ether oxygens (including phenoxy) is 2. The molecule has 0 radical (unpaired) electrons. The van der Waals surface area contributed by atoms with Gasteiger partial charge >= 0.3 is 0 Å². The van der Waals surface area contributed by atoms with Gasteiger partial charge in [0.05, 0.1) is 37.2 Å². The molecule has 1 aliphatic rings. The van der Waals surface area contributed by atoms with Crippen molar-refractivity contribution in [1.29, 1.82) is 0 Å². The quantitative estimate of drug-likeness (QED) is 0.687. The zero-order chi connectivity index (χ0) is 21.3. The Morgan fingerprint density at radius 2 is 1.73 bits per heavy atom. The minimum Gasteiger partial charge on any atom is -0.493 e. The molecule has 4 rings (SSSR count). The van der Waals surface area contributed by atoms with Crippen molar-refractivity contribution in [2.45, 2.75) is 26.3 Å². The molecule has 0 saturated carbocycles. The van der Waals surface area contributed by atoms with Crippen LogP contribution in [0.5, 0.6) is 11.5 Å². The molecule has 1 unspecified atom stereocenters. The number of aromatic amines is 1. The van der Waals surface area contributed by atoms with Gasteiger partial charge in [-0.3, -0.25) is 9.80 Å². The van der Waals surface area contributed by atoms with Crippen LogP contribution in [0.3, 0.4) is 0 Å². The number of para-hydroxylation sites is 1. The van der Waals surface area contributed by atoms with Gasteiger partial charge in [0.25, 0.3) is 5.56 Å². The first kappa shape index (κ1) is 19.8. The fourth-order valence-electron chi connectivity index (χ4n) is 4.01. The van der Waals surface area contributed by atoms with E-state index in [4.69, 9.17) is 14.6 Å². The summed E-state index contributed by atoms with van der Waals surface area (Å²) in [5.74, 6) is 1.35. The molecule has 0 bridgehead atoms. The lowest BCUT2D eigenvalue weighted by atomic mass is 9.96. The summed E-state index contributed by atoms with van der Waals surface area (Å²) < 4.78 is 10.9. The van der Waals surface area contributed by atoms with Gasteiger partial charge < -0.3 is 14.5 Å². The van der Waals surface area contributed by atoms with Gasteiger partial charge in [0.1, 0.15) is 0 Å². The number of hydrogen-bond acceptors (Lipinski definition) is 5. The van der Waals surface area contributed by atoms with Crippen molar-refractivity contribution in [3.8, 4) is 11.5 Å². The number of rotatable bonds is 5. The number of hydrogen-bond donors (Lipinski definition) is 1. The highest BCUT2D eigenvalue weighted by Crippen LogP contribution is 2.39. The van der Waals surface area contributed by atoms with Crippen molar-refractivity contribution >= 4 is 11.4 Å². The Balaban J connectivity index is 1.81. The molecule has 3 aromatic rings. The van der Waals surface area contributed by atoms with E-state index in [9.17, 15) is 4.79 Å². The molecule has 154 valence electrons. The number of pyridine rings is 1. The predicted molar refractivity (Wildman–Crippen MR) is 119 cm³/mol. The van der Waals surface area contributed by atoms with E-state index >= 15 is 0 Å². The Morgan fingerprint density at radius 3 is 2.40 bits per heavy atom. The average molecular weight is 403 g/mol. The number of methoxy groups -OCH3 is 2. The molecule has 6 heteroatoms. The van der Waals surface area contributed by atoms with E-state index in [2.05, 4.69) is 4.98 Å². The van der Waals surface area contributed by atoms with Crippen LogP contribution in [0.4, 0.5) is 5.69 Å². The Labute approximate surface area is 175 Å². The molecule has 2 aromatic carbocycles. The molecule has 0 amide bonds. The Morgan fingerprint density at radius 1 is 1.00 bits per heavy atom. The lowest BCUT2D eigenvalue weighted by molar-refractivity contribution is 0.354. The lowest BCUT2D eigenvalue weighted by Crippen LogP contribution is -2.20. The van der Waals surface area contributed by atoms with Gasteiger partial charge in [0.2, 0.25) is 0 Å². The fraction of sp³-hybridized carbons (Fsp3) is 0.250. The molecular formula is C24H25N3O3. The summed E-state index contributed by atoms with van der Waals surface area (Å²) >= 11 is 0. The zero-order valence-electron chi connectivity index (χ0n) is 17.6. The summed E-state index contributed by atoms with van der Waals surface area (Å²) in [5, 5.41) is 6.88. The molecule has 2 heterocycles. The Kier molecular flexibility index (Phi) is 5.31. The Bertz CT molecular complexity index is 1150. The number of H-pyrrole nitrogens is 1. The van der Waals surface area contributed by atoms with Gasteiger partial charge in [-0.25, -0.2) is 0 Å². The third kappa shape index (κ3) is 3.56. The largest absolute Gasteiger partial charge is 0.493 e. The molecule has 30 heavy (non-hydrogen) atoms. The van der Waals surface area contributed by atoms with Crippen LogP contribution in [0.15, 0.2) is 64.5 Å². The standard InChI is InChI=1S/C24H25N3O3/c1-15-12-16(2)25-24(28)23(15)19-14-20(27(26-19)18-8-6-5-7-9-18)17-10-11-21(29-3)22(13-17)30-4/h5-13,20H,14H2,1-4H3,(H,25,28). The van der Waals surface area contributed by atoms with E-state index in [1.54, 1.807) is 14.2 Å². The summed E-state index contributed by atoms with van der Waals surface area (Å²) in [5.41, 5.74) is 5.09. The summed E-state index contributed by atoms with van der Waals surface area (Å²) in [6.45, 7) is 3.84. The zero-order valence-corrected chi connectivity index (χ0v) is 17.6. The third-order valence-corrected chi connectivity index (χ3v) is 5.38. The van der Waals surface area contributed by atoms with Gasteiger partial charge in [-0.05, 0) is 55.3 Å². The van der Waals surface area contributed by atoms with Crippen LogP contribution in [0, 0.1) is 13.8 Å². The first-order valence-electron chi connectivity index (χ1n) is 9.86. The van der Waals surface area contributed by atoms with E-state index < -0.39 is 0 Å². The number of aromatic nitrogens is 1. The maximum absolute atomic E-state index is 12.7. The van der Waals surface area contributed by atoms with Crippen molar-refractivity contribution in [3.05, 3.63) is 87.3 Å². The molecule has 1 aromatic heterocycles. The van der Waals surface area contributed by atoms with Crippen LogP contribution >= 0.6 is 0 Å². The molecule has 6 nitrogen and oxygen atoms in total. The van der Waals surface area contributed by atoms with E-state index in [0.29, 0.717) is 23.5 Å². The molecular weight excluding hydrogens is 378 g/mol. The van der Waals surface area contributed by atoms with E-state index in [1.165, 1.54) is 0 Å². The second-order valence-electron chi connectivity index (χ2n) is 7.40. The smallest absolute Gasteiger partial charge is 0.257 e. The SMILES string of the molecule is COc1ccc(C2CC(c3c(C)cc(C)[nH]c3=O)=NN2c2ccccc2)cc1OC. The first-order valence-corrected chi connectivity index (χ1v) is 9.86. The van der Waals surface area contributed by atoms with Crippen LogP contribution in [-0.4, -0.2) is 24.9 Å². The molecule has 1 aliphatic heterocycles. The second kappa shape index (κ2) is 8.06. The Hall–Kier alpha value is -3.54. The number of aryl methyl sites for hydroxylation is 2. The minimum absolute atomic E-state index is 0.0673. The van der Waals surface area contributed by atoms with Gasteiger partial charge in [0.15, 0.2) is 11.5 Å². The predicted octanol–water partition coefficient (Wildman–Crippen LogP) is 4.36. The number of benzene rings is 2. The monoisotopic (exact) mass is 403 g/mol. The lowest BCUT2D eigenvalue weighted by Gasteiger charge is -2.24. The maximum atomic E-state index is 12.7. The number of anilines is 1. The number of hydrazone groups is 1. The molecule has 0 spiro atoms. The summed E-state index contributed by atoms with van der Waals surface area (Å²) in [6, 6.07) is 17.8. The first-order chi connectivity index (χ1) is 14.5. The third-order valence-electron chi connectivity index (χ3n) is 5.38. The van der Waals surface area contributed by atoms with Crippen molar-refractivity contribution in [1.82, 2.24) is 4.98 Å². The van der Waals surface area contributed by atoms with Gasteiger partial charge in [0, 0.05) is 12.1 Å². The van der Waals surface area contributed by atoms with Gasteiger partial charge in [-0.1, -0.05) is 24.3 Å². The number of nitrogens with one attached hydrogen (secondary N) is 1. The van der Waals surface area contributed by atoms with Gasteiger partial charge in [-0.2, -0.15) is 5.10 Å². The summed E-state index contributed by atoms with van der Waals surface area (Å²) in [7, 11) is 3.25. The van der Waals surface area contributed by atoms with Crippen molar-refractivity contribution in [2.75, 3.05) is 19.2 Å². The van der Waals surface area contributed by atoms with E-state index in [0.717, 1.165) is 28.2 Å². The second-order valence-corrected chi connectivity index (χ2v) is 7.40. The fourth-order valence-corrected chi connectivity index (χ4v) is 4.01. The molecule has 1 N–H and O–H groups in total. The van der Waals surface area contributed by atoms with Crippen molar-refractivity contribution in [3.63, 3.8) is 0 Å². The van der Waals surface area contributed by atoms with Crippen LogP contribution < -0.4 is 20.0 Å². The molecule has 0 saturated heterocycles. The highest BCUT2D eigenvalue weighted by atomic mass is 16.5. The van der Waals surface area contributed by atoms with Crippen LogP contribution in [0.2, 0.25) is 0 Å². The van der Waals surface area contributed by atoms with Gasteiger partial charge in [-0.15, -0.1) is 0 Å². The number of nitrogens with zero attached hydrogens (tertiary/aromatic N) is 2. The van der Waals surface area contributed by atoms with Crippen LogP contribution in [-0.2, 0) is 0 Å². The van der Waals surface area contributed by atoms with E-state index in [-0.39, 0.29) is 11.6 Å². The van der Waals surface area contributed by atoms with Crippen LogP contribution in [0.1, 0.15) is 34.8 Å². The molecule has 0 aliphatic carbocycles. The highest BCUT2D eigenvalue weighted by Gasteiger charge is 2.32. The highest BCUT2D eigenvalue weighted by molar-refractivity contribution is 6.04. The topological polar surface area (TPSA) is 66.9 Å². The molecule has 1 atom stereocenters. The average Bonchev–Trinajstić information content (AvgIpc) is 3.18. The van der Waals surface area contributed by atoms with Crippen LogP contribution in [0.25, 0.3) is 0 Å². The summed E-state index contributed by atoms with van der Waals surface area (Å²) in [6.07, 6.45) is 0.608. The van der Waals surface area contributed by atoms with Crippen molar-refractivity contribution in [2.24, 2.45) is 5.10 Å². The van der Waals surface area contributed by atoms with E-state index in [1.807, 2.05) is 73.5 Å². The maximum Gasteiger partial charge on any atom is 0.257 e. The normalized spacial score (nSPS) is 15.8. The minimum atomic E-state index is -0.104. The van der Waals surface area contributed by atoms with Crippen molar-refractivity contribution < 1.29 is 9.47 Å².